The Bertz CT molecular complexity index is 390. The third-order valence-corrected chi connectivity index (χ3v) is 3.59. The van der Waals surface area contributed by atoms with Gasteiger partial charge in [-0.05, 0) is 73.1 Å². The molecule has 21 heavy (non-hydrogen) atoms. The van der Waals surface area contributed by atoms with Crippen molar-refractivity contribution in [1.29, 1.82) is 0 Å². The fourth-order valence-corrected chi connectivity index (χ4v) is 2.14. The molecule has 0 amide bonds. The molecule has 0 spiro atoms. The van der Waals surface area contributed by atoms with E-state index < -0.39 is 0 Å². The highest BCUT2D eigenvalue weighted by atomic mass is 16.2. The van der Waals surface area contributed by atoms with Crippen molar-refractivity contribution in [2.45, 2.75) is 73.1 Å². The second-order valence-corrected chi connectivity index (χ2v) is 6.23. The zero-order valence-electron chi connectivity index (χ0n) is 14.7. The van der Waals surface area contributed by atoms with E-state index >= 15 is 0 Å². The Morgan fingerprint density at radius 2 is 1.00 bits per heavy atom. The lowest BCUT2D eigenvalue weighted by Crippen LogP contribution is -1.83. The summed E-state index contributed by atoms with van der Waals surface area (Å²) in [4.78, 5) is 0. The van der Waals surface area contributed by atoms with Crippen LogP contribution in [0.1, 0.15) is 73.1 Å². The van der Waals surface area contributed by atoms with E-state index in [1.54, 1.807) is 0 Å². The van der Waals surface area contributed by atoms with Gasteiger partial charge in [0, 0.05) is 0 Å². The molecule has 0 atom stereocenters. The minimum Gasteiger partial charge on any atom is -0.392 e. The molecule has 0 fully saturated rings. The van der Waals surface area contributed by atoms with Crippen LogP contribution in [-0.4, -0.2) is 11.7 Å². The van der Waals surface area contributed by atoms with Gasteiger partial charge in [-0.1, -0.05) is 46.6 Å². The van der Waals surface area contributed by atoms with Gasteiger partial charge in [-0.15, -0.1) is 0 Å². The summed E-state index contributed by atoms with van der Waals surface area (Å²) >= 11 is 0. The van der Waals surface area contributed by atoms with Crippen LogP contribution in [0.3, 0.4) is 0 Å². The van der Waals surface area contributed by atoms with Gasteiger partial charge in [0.1, 0.15) is 0 Å². The van der Waals surface area contributed by atoms with E-state index in [2.05, 4.69) is 52.8 Å². The molecule has 120 valence electrons. The molecule has 0 aliphatic heterocycles. The van der Waals surface area contributed by atoms with Crippen molar-refractivity contribution in [1.82, 2.24) is 0 Å². The first-order valence-corrected chi connectivity index (χ1v) is 8.16. The average Bonchev–Trinajstić information content (AvgIpc) is 2.38. The summed E-state index contributed by atoms with van der Waals surface area (Å²) in [6.45, 7) is 11.0. The van der Waals surface area contributed by atoms with Crippen molar-refractivity contribution in [3.8, 4) is 0 Å². The third-order valence-electron chi connectivity index (χ3n) is 3.59. The highest BCUT2D eigenvalue weighted by Gasteiger charge is 1.93. The van der Waals surface area contributed by atoms with Crippen LogP contribution < -0.4 is 0 Å². The van der Waals surface area contributed by atoms with Crippen LogP contribution >= 0.6 is 0 Å². The summed E-state index contributed by atoms with van der Waals surface area (Å²) in [7, 11) is 0. The number of hydrogen-bond donors (Lipinski definition) is 1. The van der Waals surface area contributed by atoms with Gasteiger partial charge < -0.3 is 5.11 Å². The number of allylic oxidation sites excluding steroid dienone is 7. The normalized spacial score (nSPS) is 13.5. The first-order valence-electron chi connectivity index (χ1n) is 8.16. The molecular formula is C20H34O. The van der Waals surface area contributed by atoms with E-state index in [-0.39, 0.29) is 6.61 Å². The first kappa shape index (κ1) is 19.9. The molecule has 0 rings (SSSR count). The summed E-state index contributed by atoms with van der Waals surface area (Å²) in [5, 5.41) is 8.80. The summed E-state index contributed by atoms with van der Waals surface area (Å²) in [6, 6.07) is 0. The minimum atomic E-state index is 0.158. The highest BCUT2D eigenvalue weighted by molar-refractivity contribution is 5.07. The van der Waals surface area contributed by atoms with Crippen molar-refractivity contribution in [2.24, 2.45) is 0 Å². The van der Waals surface area contributed by atoms with Gasteiger partial charge in [-0.3, -0.25) is 0 Å². The van der Waals surface area contributed by atoms with Crippen LogP contribution in [0.4, 0.5) is 0 Å². The number of aliphatic hydroxyl groups excluding tert-OH is 1. The Hall–Kier alpha value is -1.08. The van der Waals surface area contributed by atoms with Gasteiger partial charge in [-0.25, -0.2) is 0 Å². The van der Waals surface area contributed by atoms with Crippen LogP contribution in [0.5, 0.6) is 0 Å². The molecule has 0 aromatic heterocycles. The molecule has 0 saturated heterocycles. The second kappa shape index (κ2) is 12.6. The van der Waals surface area contributed by atoms with Gasteiger partial charge in [0.05, 0.1) is 6.61 Å². The van der Waals surface area contributed by atoms with Gasteiger partial charge in [0.15, 0.2) is 0 Å². The molecule has 0 bridgehead atoms. The molecule has 0 heterocycles. The molecule has 0 aromatic carbocycles. The summed E-state index contributed by atoms with van der Waals surface area (Å²) < 4.78 is 0. The summed E-state index contributed by atoms with van der Waals surface area (Å²) in [5.74, 6) is 0. The maximum atomic E-state index is 8.80. The van der Waals surface area contributed by atoms with E-state index in [4.69, 9.17) is 5.11 Å². The predicted octanol–water partition coefficient (Wildman–Crippen LogP) is 6.12. The zero-order valence-corrected chi connectivity index (χ0v) is 14.7. The van der Waals surface area contributed by atoms with Crippen molar-refractivity contribution in [3.05, 3.63) is 46.6 Å². The monoisotopic (exact) mass is 290 g/mol. The van der Waals surface area contributed by atoms with Crippen molar-refractivity contribution in [2.75, 3.05) is 6.61 Å². The van der Waals surface area contributed by atoms with Gasteiger partial charge in [0.25, 0.3) is 0 Å². The van der Waals surface area contributed by atoms with E-state index in [0.717, 1.165) is 32.1 Å². The fourth-order valence-electron chi connectivity index (χ4n) is 2.14. The molecule has 1 nitrogen and oxygen atoms in total. The fraction of sp³-hybridized carbons (Fsp3) is 0.600. The molecule has 0 aromatic rings. The number of rotatable bonds is 10. The molecule has 1 heteroatoms. The van der Waals surface area contributed by atoms with E-state index in [9.17, 15) is 0 Å². The molecule has 0 saturated carbocycles. The second-order valence-electron chi connectivity index (χ2n) is 6.23. The zero-order chi connectivity index (χ0) is 16.1. The van der Waals surface area contributed by atoms with Crippen LogP contribution in [0.2, 0.25) is 0 Å². The maximum absolute atomic E-state index is 8.80. The highest BCUT2D eigenvalue weighted by Crippen LogP contribution is 2.13. The third kappa shape index (κ3) is 13.7. The van der Waals surface area contributed by atoms with Crippen LogP contribution in [0, 0.1) is 0 Å². The number of hydrogen-bond acceptors (Lipinski definition) is 1. The van der Waals surface area contributed by atoms with Crippen LogP contribution in [0.25, 0.3) is 0 Å². The minimum absolute atomic E-state index is 0.158. The lowest BCUT2D eigenvalue weighted by atomic mass is 10.0. The van der Waals surface area contributed by atoms with Crippen molar-refractivity contribution < 1.29 is 5.11 Å². The SMILES string of the molecule is CC(C)=CCC/C(C)=C\CC/C(C)=C\CC/C(C)=C\CO. The van der Waals surface area contributed by atoms with E-state index in [1.165, 1.54) is 28.7 Å². The smallest absolute Gasteiger partial charge is 0.0614 e. The Balaban J connectivity index is 3.93. The van der Waals surface area contributed by atoms with Gasteiger partial charge in [-0.2, -0.15) is 0 Å². The summed E-state index contributed by atoms with van der Waals surface area (Å²) in [5.41, 5.74) is 5.66. The summed E-state index contributed by atoms with van der Waals surface area (Å²) in [6.07, 6.45) is 15.7. The maximum Gasteiger partial charge on any atom is 0.0614 e. The molecule has 0 radical (unpaired) electrons. The standard InChI is InChI=1S/C20H34O/c1-17(2)9-6-10-18(3)11-7-12-19(4)13-8-14-20(5)15-16-21/h9,11,13,15,21H,6-8,10,12,14,16H2,1-5H3/b18-11-,19-13-,20-15-. The lowest BCUT2D eigenvalue weighted by Gasteiger charge is -2.02. The largest absolute Gasteiger partial charge is 0.392 e. The van der Waals surface area contributed by atoms with Gasteiger partial charge in [0.2, 0.25) is 0 Å². The average molecular weight is 290 g/mol. The Morgan fingerprint density at radius 3 is 1.38 bits per heavy atom. The van der Waals surface area contributed by atoms with Crippen LogP contribution in [0.15, 0.2) is 46.6 Å². The van der Waals surface area contributed by atoms with Gasteiger partial charge >= 0.3 is 0 Å². The molecule has 0 aliphatic rings. The first-order chi connectivity index (χ1) is 9.95. The van der Waals surface area contributed by atoms with Crippen molar-refractivity contribution in [3.63, 3.8) is 0 Å². The van der Waals surface area contributed by atoms with Crippen molar-refractivity contribution >= 4 is 0 Å². The molecular weight excluding hydrogens is 256 g/mol. The van der Waals surface area contributed by atoms with E-state index in [0.29, 0.717) is 0 Å². The Labute approximate surface area is 132 Å². The van der Waals surface area contributed by atoms with Crippen LogP contribution in [-0.2, 0) is 0 Å². The quantitative estimate of drug-likeness (QED) is 0.480. The van der Waals surface area contributed by atoms with E-state index in [1.807, 2.05) is 6.08 Å². The Morgan fingerprint density at radius 1 is 0.619 bits per heavy atom. The number of aliphatic hydroxyl groups is 1. The lowest BCUT2D eigenvalue weighted by molar-refractivity contribution is 0.341. The predicted molar refractivity (Wildman–Crippen MR) is 95.5 cm³/mol. The molecule has 1 N–H and O–H groups in total. The molecule has 0 unspecified atom stereocenters. The topological polar surface area (TPSA) is 20.2 Å². The Kier molecular flexibility index (Phi) is 12.0. The molecule has 0 aliphatic carbocycles.